The number of benzene rings is 2. The highest BCUT2D eigenvalue weighted by Gasteiger charge is 2.22. The van der Waals surface area contributed by atoms with Crippen molar-refractivity contribution in [2.75, 3.05) is 26.2 Å². The summed E-state index contributed by atoms with van der Waals surface area (Å²) >= 11 is 0. The zero-order valence-electron chi connectivity index (χ0n) is 17.4. The predicted molar refractivity (Wildman–Crippen MR) is 115 cm³/mol. The van der Waals surface area contributed by atoms with E-state index in [1.165, 1.54) is 12.1 Å². The van der Waals surface area contributed by atoms with Gasteiger partial charge in [-0.05, 0) is 55.8 Å². The average molecular weight is 412 g/mol. The lowest BCUT2D eigenvalue weighted by atomic mass is 10.1. The largest absolute Gasteiger partial charge is 0.508 e. The van der Waals surface area contributed by atoms with Crippen LogP contribution in [0.5, 0.6) is 5.75 Å². The summed E-state index contributed by atoms with van der Waals surface area (Å²) in [5.41, 5.74) is 2.21. The molecular weight excluding hydrogens is 382 g/mol. The number of phenols is 1. The van der Waals surface area contributed by atoms with Crippen molar-refractivity contribution >= 4 is 11.8 Å². The molecule has 2 aromatic carbocycles. The number of hydrogen-bond acceptors (Lipinski definition) is 5. The zero-order chi connectivity index (χ0) is 21.5. The van der Waals surface area contributed by atoms with Crippen LogP contribution in [-0.4, -0.2) is 60.2 Å². The minimum absolute atomic E-state index is 0.110. The molecule has 2 unspecified atom stereocenters. The first-order chi connectivity index (χ1) is 14.4. The summed E-state index contributed by atoms with van der Waals surface area (Å²) in [6.07, 6.45) is 0.460. The van der Waals surface area contributed by atoms with Crippen molar-refractivity contribution in [3.8, 4) is 5.75 Å². The van der Waals surface area contributed by atoms with E-state index in [2.05, 4.69) is 29.4 Å². The van der Waals surface area contributed by atoms with Crippen molar-refractivity contribution in [2.45, 2.75) is 32.6 Å². The lowest BCUT2D eigenvalue weighted by Gasteiger charge is -2.35. The summed E-state index contributed by atoms with van der Waals surface area (Å²) < 4.78 is 5.77. The summed E-state index contributed by atoms with van der Waals surface area (Å²) in [4.78, 5) is 26.7. The summed E-state index contributed by atoms with van der Waals surface area (Å²) in [5, 5.41) is 14.8. The maximum Gasteiger partial charge on any atom is 0.251 e. The summed E-state index contributed by atoms with van der Waals surface area (Å²) in [5.74, 6) is -0.312. The van der Waals surface area contributed by atoms with Crippen molar-refractivity contribution in [1.82, 2.24) is 15.5 Å². The third-order valence-corrected chi connectivity index (χ3v) is 4.94. The molecule has 3 N–H and O–H groups in total. The molecule has 0 aliphatic carbocycles. The van der Waals surface area contributed by atoms with E-state index in [9.17, 15) is 14.7 Å². The van der Waals surface area contributed by atoms with Gasteiger partial charge in [0, 0.05) is 43.9 Å². The number of hydrogen-bond donors (Lipinski definition) is 3. The molecular formula is C23H29N3O4. The Kier molecular flexibility index (Phi) is 7.43. The SMILES string of the molecule is CC1CN(Cc2ccc(C(=O)NCCNC(=O)c3ccc(O)cc3)cc2)CC(C)O1. The van der Waals surface area contributed by atoms with Gasteiger partial charge in [-0.1, -0.05) is 12.1 Å². The van der Waals surface area contributed by atoms with Crippen LogP contribution in [0.4, 0.5) is 0 Å². The maximum atomic E-state index is 12.3. The van der Waals surface area contributed by atoms with Crippen molar-refractivity contribution in [1.29, 1.82) is 0 Å². The van der Waals surface area contributed by atoms with Crippen LogP contribution in [-0.2, 0) is 11.3 Å². The van der Waals surface area contributed by atoms with E-state index in [1.807, 2.05) is 24.3 Å². The fraction of sp³-hybridized carbons (Fsp3) is 0.391. The molecule has 0 radical (unpaired) electrons. The maximum absolute atomic E-state index is 12.3. The van der Waals surface area contributed by atoms with Gasteiger partial charge >= 0.3 is 0 Å². The summed E-state index contributed by atoms with van der Waals surface area (Å²) in [7, 11) is 0. The molecule has 1 aliphatic heterocycles. The number of carbonyl (C=O) groups excluding carboxylic acids is 2. The molecule has 7 heteroatoms. The highest BCUT2D eigenvalue weighted by atomic mass is 16.5. The van der Waals surface area contributed by atoms with Gasteiger partial charge in [0.05, 0.1) is 12.2 Å². The Morgan fingerprint density at radius 1 is 0.900 bits per heavy atom. The first-order valence-electron chi connectivity index (χ1n) is 10.2. The summed E-state index contributed by atoms with van der Waals surface area (Å²) in [6.45, 7) is 7.46. The van der Waals surface area contributed by atoms with Gasteiger partial charge in [0.1, 0.15) is 5.75 Å². The molecule has 2 atom stereocenters. The monoisotopic (exact) mass is 411 g/mol. The Bertz CT molecular complexity index is 842. The van der Waals surface area contributed by atoms with Crippen molar-refractivity contribution in [2.24, 2.45) is 0 Å². The zero-order valence-corrected chi connectivity index (χ0v) is 17.4. The van der Waals surface area contributed by atoms with Crippen LogP contribution in [0.1, 0.15) is 40.1 Å². The quantitative estimate of drug-likeness (QED) is 0.608. The predicted octanol–water partition coefficient (Wildman–Crippen LogP) is 2.16. The van der Waals surface area contributed by atoms with Gasteiger partial charge in [-0.3, -0.25) is 14.5 Å². The van der Waals surface area contributed by atoms with Gasteiger partial charge in [0.2, 0.25) is 0 Å². The Labute approximate surface area is 177 Å². The van der Waals surface area contributed by atoms with Crippen molar-refractivity contribution in [3.05, 3.63) is 65.2 Å². The number of nitrogens with one attached hydrogen (secondary N) is 2. The first-order valence-corrected chi connectivity index (χ1v) is 10.2. The summed E-state index contributed by atoms with van der Waals surface area (Å²) in [6, 6.07) is 13.6. The Morgan fingerprint density at radius 2 is 1.37 bits per heavy atom. The van der Waals surface area contributed by atoms with Crippen molar-refractivity contribution < 1.29 is 19.4 Å². The third kappa shape index (κ3) is 6.30. The van der Waals surface area contributed by atoms with E-state index in [-0.39, 0.29) is 29.8 Å². The smallest absolute Gasteiger partial charge is 0.251 e. The molecule has 1 aliphatic rings. The van der Waals surface area contributed by atoms with Crippen LogP contribution < -0.4 is 10.6 Å². The minimum atomic E-state index is -0.250. The Balaban J connectivity index is 1.41. The van der Waals surface area contributed by atoms with Crippen LogP contribution >= 0.6 is 0 Å². The molecule has 0 aromatic heterocycles. The lowest BCUT2D eigenvalue weighted by molar-refractivity contribution is -0.0704. The third-order valence-electron chi connectivity index (χ3n) is 4.94. The number of nitrogens with zero attached hydrogens (tertiary/aromatic N) is 1. The molecule has 1 saturated heterocycles. The van der Waals surface area contributed by atoms with E-state index >= 15 is 0 Å². The van der Waals surface area contributed by atoms with Crippen LogP contribution in [0.3, 0.4) is 0 Å². The fourth-order valence-corrected chi connectivity index (χ4v) is 3.60. The number of carbonyl (C=O) groups is 2. The van der Waals surface area contributed by atoms with Crippen LogP contribution in [0.25, 0.3) is 0 Å². The number of ether oxygens (including phenoxy) is 1. The number of morpholine rings is 1. The van der Waals surface area contributed by atoms with Gasteiger partial charge in [-0.25, -0.2) is 0 Å². The number of aromatic hydroxyl groups is 1. The van der Waals surface area contributed by atoms with Gasteiger partial charge < -0.3 is 20.5 Å². The highest BCUT2D eigenvalue weighted by Crippen LogP contribution is 2.15. The Morgan fingerprint density at radius 3 is 1.87 bits per heavy atom. The van der Waals surface area contributed by atoms with Crippen LogP contribution in [0.15, 0.2) is 48.5 Å². The van der Waals surface area contributed by atoms with E-state index < -0.39 is 0 Å². The topological polar surface area (TPSA) is 90.9 Å². The van der Waals surface area contributed by atoms with Crippen LogP contribution in [0, 0.1) is 0 Å². The number of amides is 2. The van der Waals surface area contributed by atoms with Gasteiger partial charge in [0.25, 0.3) is 11.8 Å². The van der Waals surface area contributed by atoms with E-state index in [0.29, 0.717) is 24.2 Å². The van der Waals surface area contributed by atoms with E-state index in [0.717, 1.165) is 25.2 Å². The molecule has 30 heavy (non-hydrogen) atoms. The van der Waals surface area contributed by atoms with E-state index in [4.69, 9.17) is 4.74 Å². The number of phenolic OH excluding ortho intramolecular Hbond substituents is 1. The molecule has 1 heterocycles. The highest BCUT2D eigenvalue weighted by molar-refractivity contribution is 5.95. The van der Waals surface area contributed by atoms with Crippen molar-refractivity contribution in [3.63, 3.8) is 0 Å². The second-order valence-corrected chi connectivity index (χ2v) is 7.71. The number of rotatable bonds is 7. The molecule has 2 aromatic rings. The average Bonchev–Trinajstić information content (AvgIpc) is 2.71. The van der Waals surface area contributed by atoms with E-state index in [1.54, 1.807) is 12.1 Å². The van der Waals surface area contributed by atoms with Gasteiger partial charge in [-0.2, -0.15) is 0 Å². The van der Waals surface area contributed by atoms with Gasteiger partial charge in [-0.15, -0.1) is 0 Å². The standard InChI is InChI=1S/C23H29N3O4/c1-16-13-26(14-17(2)30-16)15-18-3-5-19(6-4-18)22(28)24-11-12-25-23(29)20-7-9-21(27)10-8-20/h3-10,16-17,27H,11-15H2,1-2H3,(H,24,28)(H,25,29). The molecule has 1 fully saturated rings. The second-order valence-electron chi connectivity index (χ2n) is 7.71. The normalized spacial score (nSPS) is 19.3. The van der Waals surface area contributed by atoms with Crippen LogP contribution in [0.2, 0.25) is 0 Å². The first kappa shape index (κ1) is 21.8. The molecule has 0 saturated carbocycles. The molecule has 2 amide bonds. The Hall–Kier alpha value is -2.90. The minimum Gasteiger partial charge on any atom is -0.508 e. The molecule has 0 bridgehead atoms. The fourth-order valence-electron chi connectivity index (χ4n) is 3.60. The van der Waals surface area contributed by atoms with Gasteiger partial charge in [0.15, 0.2) is 0 Å². The second kappa shape index (κ2) is 10.2. The molecule has 0 spiro atoms. The molecule has 7 nitrogen and oxygen atoms in total. The molecule has 160 valence electrons. The molecule has 3 rings (SSSR count). The lowest BCUT2D eigenvalue weighted by Crippen LogP contribution is -2.44.